The van der Waals surface area contributed by atoms with Crippen molar-refractivity contribution in [2.45, 2.75) is 34.1 Å². The molecule has 23 heavy (non-hydrogen) atoms. The van der Waals surface area contributed by atoms with Crippen molar-refractivity contribution in [3.63, 3.8) is 0 Å². The normalized spacial score (nSPS) is 14.3. The lowest BCUT2D eigenvalue weighted by Gasteiger charge is -2.36. The van der Waals surface area contributed by atoms with Gasteiger partial charge in [-0.05, 0) is 27.7 Å². The van der Waals surface area contributed by atoms with Crippen molar-refractivity contribution < 1.29 is 32.5 Å². The summed E-state index contributed by atoms with van der Waals surface area (Å²) >= 11 is 0. The van der Waals surface area contributed by atoms with Gasteiger partial charge in [0, 0.05) is 12.0 Å². The average molecular weight is 351 g/mol. The van der Waals surface area contributed by atoms with Crippen LogP contribution in [0, 0.1) is 0 Å². The number of phosphoric ester groups is 1. The van der Waals surface area contributed by atoms with E-state index >= 15 is 0 Å². The quantitative estimate of drug-likeness (QED) is 0.166. The maximum absolute atomic E-state index is 11.6. The van der Waals surface area contributed by atoms with Crippen molar-refractivity contribution in [3.8, 4) is 0 Å². The largest absolute Gasteiger partial charge is 0.756 e. The van der Waals surface area contributed by atoms with Crippen molar-refractivity contribution in [1.29, 1.82) is 0 Å². The minimum atomic E-state index is -4.31. The zero-order chi connectivity index (χ0) is 17.9. The highest BCUT2D eigenvalue weighted by atomic mass is 31.2. The van der Waals surface area contributed by atoms with Gasteiger partial charge in [-0.1, -0.05) is 6.58 Å². The Morgan fingerprint density at radius 2 is 1.61 bits per heavy atom. The molecular weight excluding hydrogens is 321 g/mol. The molecule has 1 unspecified atom stereocenters. The summed E-state index contributed by atoms with van der Waals surface area (Å²) in [5.74, 6) is -0.501. The maximum atomic E-state index is 11.6. The predicted octanol–water partition coefficient (Wildman–Crippen LogP) is 1.87. The molecule has 0 N–H and O–H groups in total. The smallest absolute Gasteiger partial charge is 0.333 e. The molecule has 0 aliphatic heterocycles. The molecule has 0 bridgehead atoms. The van der Waals surface area contributed by atoms with E-state index in [9.17, 15) is 14.3 Å². The van der Waals surface area contributed by atoms with Crippen LogP contribution in [0.4, 0.5) is 0 Å². The lowest BCUT2D eigenvalue weighted by Crippen LogP contribution is -2.49. The van der Waals surface area contributed by atoms with Crippen LogP contribution in [-0.4, -0.2) is 56.5 Å². The van der Waals surface area contributed by atoms with Crippen molar-refractivity contribution in [3.05, 3.63) is 12.2 Å². The van der Waals surface area contributed by atoms with Gasteiger partial charge in [-0.2, -0.15) is 0 Å². The van der Waals surface area contributed by atoms with Crippen LogP contribution in [-0.2, 0) is 23.1 Å². The standard InChI is InChI=1S/C15H30NO6P/c1-6-16(7-2,8-3)10-13-22-23(18,19)21-12-9-11-20-15(17)14(4)5/h4,6-13H2,1-3,5H3. The minimum absolute atomic E-state index is 0.0766. The molecule has 0 amide bonds. The summed E-state index contributed by atoms with van der Waals surface area (Å²) in [6.07, 6.45) is 0.271. The Hall–Kier alpha value is -0.720. The van der Waals surface area contributed by atoms with Gasteiger partial charge in [0.25, 0.3) is 7.82 Å². The molecule has 0 saturated heterocycles. The van der Waals surface area contributed by atoms with Gasteiger partial charge >= 0.3 is 5.97 Å². The number of esters is 1. The van der Waals surface area contributed by atoms with Crippen LogP contribution in [0.1, 0.15) is 34.1 Å². The topological polar surface area (TPSA) is 84.9 Å². The molecule has 0 fully saturated rings. The monoisotopic (exact) mass is 351 g/mol. The molecule has 0 aromatic carbocycles. The molecule has 7 nitrogen and oxygen atoms in total. The first kappa shape index (κ1) is 22.3. The Morgan fingerprint density at radius 3 is 2.09 bits per heavy atom. The average Bonchev–Trinajstić information content (AvgIpc) is 2.51. The molecule has 0 heterocycles. The summed E-state index contributed by atoms with van der Waals surface area (Å²) in [5, 5.41) is 0. The fourth-order valence-electron chi connectivity index (χ4n) is 2.05. The molecule has 0 aliphatic carbocycles. The Balaban J connectivity index is 3.99. The fourth-order valence-corrected chi connectivity index (χ4v) is 2.78. The Morgan fingerprint density at radius 1 is 1.09 bits per heavy atom. The summed E-state index contributed by atoms with van der Waals surface area (Å²) in [5.41, 5.74) is 0.299. The van der Waals surface area contributed by atoms with E-state index in [4.69, 9.17) is 13.8 Å². The molecule has 1 atom stereocenters. The minimum Gasteiger partial charge on any atom is -0.756 e. The molecule has 0 aliphatic rings. The number of rotatable bonds is 13. The van der Waals surface area contributed by atoms with Crippen LogP contribution in [0.2, 0.25) is 0 Å². The van der Waals surface area contributed by atoms with E-state index in [1.807, 2.05) is 0 Å². The van der Waals surface area contributed by atoms with Gasteiger partial charge in [0.2, 0.25) is 0 Å². The number of hydrogen-bond donors (Lipinski definition) is 0. The summed E-state index contributed by atoms with van der Waals surface area (Å²) in [6.45, 7) is 14.7. The molecule has 136 valence electrons. The van der Waals surface area contributed by atoms with Gasteiger partial charge < -0.3 is 23.2 Å². The lowest BCUT2D eigenvalue weighted by molar-refractivity contribution is -0.923. The van der Waals surface area contributed by atoms with E-state index in [-0.39, 0.29) is 26.2 Å². The van der Waals surface area contributed by atoms with Gasteiger partial charge in [-0.25, -0.2) is 4.79 Å². The summed E-state index contributed by atoms with van der Waals surface area (Å²) in [7, 11) is -4.31. The Labute approximate surface area is 139 Å². The number of carbonyl (C=O) groups is 1. The van der Waals surface area contributed by atoms with Gasteiger partial charge in [0.1, 0.15) is 13.2 Å². The molecule has 0 saturated carbocycles. The lowest BCUT2D eigenvalue weighted by atomic mass is 10.3. The highest BCUT2D eigenvalue weighted by Crippen LogP contribution is 2.38. The first-order valence-corrected chi connectivity index (χ1v) is 9.45. The second-order valence-electron chi connectivity index (χ2n) is 5.40. The predicted molar refractivity (Wildman–Crippen MR) is 86.7 cm³/mol. The summed E-state index contributed by atoms with van der Waals surface area (Å²) in [4.78, 5) is 22.8. The molecule has 0 rings (SSSR count). The van der Waals surface area contributed by atoms with E-state index < -0.39 is 13.8 Å². The maximum Gasteiger partial charge on any atom is 0.333 e. The second kappa shape index (κ2) is 10.9. The van der Waals surface area contributed by atoms with E-state index in [0.29, 0.717) is 12.1 Å². The molecule has 0 radical (unpaired) electrons. The molecule has 0 spiro atoms. The molecule has 0 aromatic rings. The number of ether oxygens (including phenoxy) is 1. The summed E-state index contributed by atoms with van der Waals surface area (Å²) < 4.78 is 26.9. The van der Waals surface area contributed by atoms with Gasteiger partial charge in [0.05, 0.1) is 32.8 Å². The number of carbonyl (C=O) groups excluding carboxylic acids is 1. The van der Waals surface area contributed by atoms with Crippen molar-refractivity contribution >= 4 is 13.8 Å². The first-order valence-electron chi connectivity index (χ1n) is 7.99. The number of quaternary nitrogens is 1. The zero-order valence-electron chi connectivity index (χ0n) is 14.7. The number of nitrogens with zero attached hydrogens (tertiary/aromatic N) is 1. The van der Waals surface area contributed by atoms with E-state index in [1.165, 1.54) is 0 Å². The highest BCUT2D eigenvalue weighted by Gasteiger charge is 2.21. The van der Waals surface area contributed by atoms with E-state index in [0.717, 1.165) is 24.1 Å². The second-order valence-corrected chi connectivity index (χ2v) is 6.81. The molecule has 8 heteroatoms. The fraction of sp³-hybridized carbons (Fsp3) is 0.800. The third-order valence-corrected chi connectivity index (χ3v) is 4.94. The SMILES string of the molecule is C=C(C)C(=O)OCCCOP(=O)([O-])OCC[N+](CC)(CC)CC. The van der Waals surface area contributed by atoms with E-state index in [2.05, 4.69) is 27.4 Å². The van der Waals surface area contributed by atoms with Gasteiger partial charge in [-0.15, -0.1) is 0 Å². The third-order valence-electron chi connectivity index (χ3n) is 3.95. The van der Waals surface area contributed by atoms with Crippen LogP contribution in [0.3, 0.4) is 0 Å². The van der Waals surface area contributed by atoms with Crippen LogP contribution in [0.15, 0.2) is 12.2 Å². The van der Waals surface area contributed by atoms with Crippen molar-refractivity contribution in [2.24, 2.45) is 0 Å². The van der Waals surface area contributed by atoms with E-state index in [1.54, 1.807) is 6.92 Å². The number of phosphoric acid groups is 1. The zero-order valence-corrected chi connectivity index (χ0v) is 15.6. The third kappa shape index (κ3) is 9.23. The van der Waals surface area contributed by atoms with Crippen molar-refractivity contribution in [2.75, 3.05) is 46.0 Å². The van der Waals surface area contributed by atoms with Crippen LogP contribution in [0.25, 0.3) is 0 Å². The first-order chi connectivity index (χ1) is 10.7. The molecular formula is C15H30NO6P. The van der Waals surface area contributed by atoms with Crippen molar-refractivity contribution in [1.82, 2.24) is 0 Å². The Bertz CT molecular complexity index is 414. The van der Waals surface area contributed by atoms with Gasteiger partial charge in [0.15, 0.2) is 0 Å². The Kier molecular flexibility index (Phi) is 10.6. The van der Waals surface area contributed by atoms with Crippen LogP contribution in [0.5, 0.6) is 0 Å². The van der Waals surface area contributed by atoms with Crippen LogP contribution < -0.4 is 4.89 Å². The molecule has 0 aromatic heterocycles. The highest BCUT2D eigenvalue weighted by molar-refractivity contribution is 7.45. The number of hydrogen-bond acceptors (Lipinski definition) is 6. The number of likely N-dealkylation sites (N-methyl/N-ethyl adjacent to an activating group) is 1. The van der Waals surface area contributed by atoms with Gasteiger partial charge in [-0.3, -0.25) is 4.57 Å². The van der Waals surface area contributed by atoms with Crippen LogP contribution >= 0.6 is 7.82 Å². The summed E-state index contributed by atoms with van der Waals surface area (Å²) in [6, 6.07) is 0.